The Morgan fingerprint density at radius 3 is 2.79 bits per heavy atom. The number of nitrogens with zero attached hydrogens (tertiary/aromatic N) is 2. The molecule has 1 aliphatic carbocycles. The number of rotatable bonds is 4. The molecule has 2 rings (SSSR count). The Labute approximate surface area is 88.9 Å². The fraction of sp³-hybridized carbons (Fsp3) is 0.800. The highest BCUT2D eigenvalue weighted by Gasteiger charge is 2.27. The number of nitrogens with two attached hydrogens (primary N) is 1. The quantitative estimate of drug-likeness (QED) is 0.832. The van der Waals surface area contributed by atoms with Crippen LogP contribution in [0, 0.1) is 5.92 Å². The van der Waals surface area contributed by atoms with Gasteiger partial charge >= 0.3 is 0 Å². The van der Waals surface area contributed by atoms with Gasteiger partial charge in [-0.25, -0.2) is 0 Å². The molecule has 0 aromatic carbocycles. The molecule has 1 aliphatic rings. The normalized spacial score (nSPS) is 18.9. The summed E-state index contributed by atoms with van der Waals surface area (Å²) in [4.78, 5) is 1.20. The largest absolute Gasteiger partial charge is 0.323 e. The summed E-state index contributed by atoms with van der Waals surface area (Å²) in [6.07, 6.45) is 3.83. The van der Waals surface area contributed by atoms with Crippen molar-refractivity contribution in [2.24, 2.45) is 11.7 Å². The number of hydrogen-bond donors (Lipinski definition) is 1. The van der Waals surface area contributed by atoms with Crippen molar-refractivity contribution in [3.8, 4) is 0 Å². The maximum Gasteiger partial charge on any atom is 0.0828 e. The maximum absolute atomic E-state index is 6.15. The van der Waals surface area contributed by atoms with E-state index in [1.54, 1.807) is 0 Å². The Hall–Kier alpha value is -0.480. The highest BCUT2D eigenvalue weighted by Crippen LogP contribution is 2.38. The predicted octanol–water partition coefficient (Wildman–Crippen LogP) is 2.46. The minimum atomic E-state index is 0.167. The van der Waals surface area contributed by atoms with E-state index in [-0.39, 0.29) is 6.04 Å². The van der Waals surface area contributed by atoms with Gasteiger partial charge < -0.3 is 5.73 Å². The first-order valence-corrected chi connectivity index (χ1v) is 6.03. The van der Waals surface area contributed by atoms with Gasteiger partial charge in [0.25, 0.3) is 0 Å². The third-order valence-electron chi connectivity index (χ3n) is 2.71. The fourth-order valence-electron chi connectivity index (χ4n) is 1.68. The Morgan fingerprint density at radius 2 is 2.21 bits per heavy atom. The third kappa shape index (κ3) is 2.12. The summed E-state index contributed by atoms with van der Waals surface area (Å²) in [6.45, 7) is 4.29. The van der Waals surface area contributed by atoms with Crippen molar-refractivity contribution in [1.29, 1.82) is 0 Å². The first-order valence-electron chi connectivity index (χ1n) is 5.26. The van der Waals surface area contributed by atoms with E-state index in [2.05, 4.69) is 23.4 Å². The summed E-state index contributed by atoms with van der Waals surface area (Å²) in [5, 5.41) is 4.15. The van der Waals surface area contributed by atoms with E-state index >= 15 is 0 Å². The van der Waals surface area contributed by atoms with Gasteiger partial charge in [-0.3, -0.25) is 0 Å². The molecule has 2 N–H and O–H groups in total. The first-order chi connectivity index (χ1) is 6.68. The molecule has 1 aromatic rings. The molecular weight excluding hydrogens is 194 g/mol. The molecule has 0 aliphatic heterocycles. The molecule has 0 bridgehead atoms. The van der Waals surface area contributed by atoms with Crippen LogP contribution in [0.5, 0.6) is 0 Å². The van der Waals surface area contributed by atoms with Crippen LogP contribution < -0.4 is 5.73 Å². The summed E-state index contributed by atoms with van der Waals surface area (Å²) in [6, 6.07) is 0.167. The molecule has 0 amide bonds. The van der Waals surface area contributed by atoms with E-state index in [1.165, 1.54) is 29.3 Å². The molecule has 14 heavy (non-hydrogen) atoms. The van der Waals surface area contributed by atoms with E-state index in [4.69, 9.17) is 5.73 Å². The van der Waals surface area contributed by atoms with Crippen LogP contribution in [0.2, 0.25) is 0 Å². The van der Waals surface area contributed by atoms with Crippen LogP contribution in [-0.2, 0) is 0 Å². The Balaban J connectivity index is 2.08. The van der Waals surface area contributed by atoms with E-state index in [0.717, 1.165) is 18.0 Å². The molecular formula is C10H17N3S. The Morgan fingerprint density at radius 1 is 1.50 bits per heavy atom. The van der Waals surface area contributed by atoms with Crippen LogP contribution in [0.25, 0.3) is 0 Å². The lowest BCUT2D eigenvalue weighted by molar-refractivity contribution is 0.594. The standard InChI is InChI=1S/C10H17N3S/c1-6(2)9-10(14-13-12-9)8(11)5-7-3-4-7/h6-8H,3-5,11H2,1-2H3. The van der Waals surface area contributed by atoms with Crippen molar-refractivity contribution < 1.29 is 0 Å². The van der Waals surface area contributed by atoms with Crippen molar-refractivity contribution in [2.75, 3.05) is 0 Å². The predicted molar refractivity (Wildman–Crippen MR) is 58.3 cm³/mol. The molecule has 0 spiro atoms. The monoisotopic (exact) mass is 211 g/mol. The summed E-state index contributed by atoms with van der Waals surface area (Å²) in [5.41, 5.74) is 7.25. The average molecular weight is 211 g/mol. The first kappa shape index (κ1) is 10.1. The van der Waals surface area contributed by atoms with Crippen molar-refractivity contribution >= 4 is 11.5 Å². The average Bonchev–Trinajstić information content (AvgIpc) is 2.81. The van der Waals surface area contributed by atoms with Gasteiger partial charge in [-0.05, 0) is 29.8 Å². The highest BCUT2D eigenvalue weighted by molar-refractivity contribution is 7.05. The second kappa shape index (κ2) is 3.95. The summed E-state index contributed by atoms with van der Waals surface area (Å²) < 4.78 is 4.00. The Bertz CT molecular complexity index is 304. The van der Waals surface area contributed by atoms with Crippen molar-refractivity contribution in [3.63, 3.8) is 0 Å². The molecule has 1 heterocycles. The molecule has 4 heteroatoms. The number of hydrogen-bond acceptors (Lipinski definition) is 4. The zero-order valence-electron chi connectivity index (χ0n) is 8.73. The second-order valence-electron chi connectivity index (χ2n) is 4.46. The van der Waals surface area contributed by atoms with Crippen LogP contribution in [0.1, 0.15) is 55.6 Å². The molecule has 1 saturated carbocycles. The van der Waals surface area contributed by atoms with Gasteiger partial charge in [0.1, 0.15) is 0 Å². The summed E-state index contributed by atoms with van der Waals surface area (Å²) in [5.74, 6) is 1.31. The number of aromatic nitrogens is 2. The summed E-state index contributed by atoms with van der Waals surface area (Å²) in [7, 11) is 0. The van der Waals surface area contributed by atoms with Crippen LogP contribution in [0.4, 0.5) is 0 Å². The summed E-state index contributed by atoms with van der Waals surface area (Å²) >= 11 is 1.47. The fourth-order valence-corrected chi connectivity index (χ4v) is 2.50. The minimum absolute atomic E-state index is 0.167. The molecule has 0 radical (unpaired) electrons. The molecule has 1 fully saturated rings. The molecule has 0 saturated heterocycles. The van der Waals surface area contributed by atoms with E-state index < -0.39 is 0 Å². The van der Waals surface area contributed by atoms with E-state index in [9.17, 15) is 0 Å². The van der Waals surface area contributed by atoms with Gasteiger partial charge in [0.15, 0.2) is 0 Å². The van der Waals surface area contributed by atoms with Gasteiger partial charge in [0.2, 0.25) is 0 Å². The molecule has 1 atom stereocenters. The van der Waals surface area contributed by atoms with Crippen molar-refractivity contribution in [2.45, 2.75) is 45.1 Å². The smallest absolute Gasteiger partial charge is 0.0828 e. The highest BCUT2D eigenvalue weighted by atomic mass is 32.1. The van der Waals surface area contributed by atoms with Crippen LogP contribution in [0.15, 0.2) is 0 Å². The van der Waals surface area contributed by atoms with Gasteiger partial charge in [-0.15, -0.1) is 5.10 Å². The maximum atomic E-state index is 6.15. The molecule has 78 valence electrons. The van der Waals surface area contributed by atoms with Gasteiger partial charge in [0.05, 0.1) is 10.6 Å². The zero-order chi connectivity index (χ0) is 10.1. The van der Waals surface area contributed by atoms with Crippen LogP contribution in [0.3, 0.4) is 0 Å². The van der Waals surface area contributed by atoms with E-state index in [1.807, 2.05) is 0 Å². The van der Waals surface area contributed by atoms with Gasteiger partial charge in [-0.1, -0.05) is 31.2 Å². The molecule has 1 unspecified atom stereocenters. The lowest BCUT2D eigenvalue weighted by atomic mass is 10.0. The third-order valence-corrected chi connectivity index (χ3v) is 3.58. The van der Waals surface area contributed by atoms with Gasteiger partial charge in [0, 0.05) is 6.04 Å². The topological polar surface area (TPSA) is 51.8 Å². The van der Waals surface area contributed by atoms with Crippen molar-refractivity contribution in [1.82, 2.24) is 9.59 Å². The SMILES string of the molecule is CC(C)c1nnsc1C(N)CC1CC1. The lowest BCUT2D eigenvalue weighted by Gasteiger charge is -2.11. The zero-order valence-corrected chi connectivity index (χ0v) is 9.55. The molecule has 1 aromatic heterocycles. The van der Waals surface area contributed by atoms with Crippen LogP contribution >= 0.6 is 11.5 Å². The van der Waals surface area contributed by atoms with Crippen molar-refractivity contribution in [3.05, 3.63) is 10.6 Å². The van der Waals surface area contributed by atoms with Gasteiger partial charge in [-0.2, -0.15) is 0 Å². The minimum Gasteiger partial charge on any atom is -0.323 e. The lowest BCUT2D eigenvalue weighted by Crippen LogP contribution is -2.12. The van der Waals surface area contributed by atoms with E-state index in [0.29, 0.717) is 5.92 Å². The van der Waals surface area contributed by atoms with Crippen LogP contribution in [-0.4, -0.2) is 9.59 Å². The Kier molecular flexibility index (Phi) is 2.83. The molecule has 3 nitrogen and oxygen atoms in total. The second-order valence-corrected chi connectivity index (χ2v) is 5.25.